The minimum absolute atomic E-state index is 0.101. The fourth-order valence-electron chi connectivity index (χ4n) is 1.32. The van der Waals surface area contributed by atoms with Crippen LogP contribution in [0.15, 0.2) is 24.3 Å². The Morgan fingerprint density at radius 2 is 1.79 bits per heavy atom. The molecule has 1 amide bonds. The summed E-state index contributed by atoms with van der Waals surface area (Å²) in [4.78, 5) is 11.0. The molecule has 1 rings (SSSR count). The van der Waals surface area contributed by atoms with Gasteiger partial charge in [-0.1, -0.05) is 31.2 Å². The van der Waals surface area contributed by atoms with Gasteiger partial charge in [0, 0.05) is 13.5 Å². The summed E-state index contributed by atoms with van der Waals surface area (Å²) in [6.07, 6.45) is 2.46. The zero-order valence-corrected chi connectivity index (χ0v) is 8.84. The van der Waals surface area contributed by atoms with Gasteiger partial charge < -0.3 is 5.32 Å². The summed E-state index contributed by atoms with van der Waals surface area (Å²) in [5.41, 5.74) is 2.57. The van der Waals surface area contributed by atoms with Gasteiger partial charge in [0.1, 0.15) is 0 Å². The molecule has 0 fully saturated rings. The third-order valence-corrected chi connectivity index (χ3v) is 2.35. The Bertz CT molecular complexity index is 290. The molecule has 0 aliphatic rings. The van der Waals surface area contributed by atoms with Gasteiger partial charge in [0.2, 0.25) is 5.91 Å². The molecule has 1 aromatic carbocycles. The number of hydrogen-bond donors (Lipinski definition) is 1. The fourth-order valence-corrected chi connectivity index (χ4v) is 1.32. The van der Waals surface area contributed by atoms with Crippen molar-refractivity contribution < 1.29 is 4.79 Å². The van der Waals surface area contributed by atoms with Gasteiger partial charge in [-0.25, -0.2) is 0 Å². The van der Waals surface area contributed by atoms with E-state index in [1.54, 1.807) is 7.05 Å². The van der Waals surface area contributed by atoms with Crippen molar-refractivity contribution in [1.82, 2.24) is 5.32 Å². The lowest BCUT2D eigenvalue weighted by molar-refractivity contribution is -0.120. The number of benzene rings is 1. The number of carbonyl (C=O) groups is 1. The van der Waals surface area contributed by atoms with Crippen molar-refractivity contribution in [2.45, 2.75) is 26.2 Å². The maximum Gasteiger partial charge on any atom is 0.220 e. The first-order chi connectivity index (χ1) is 6.76. The lowest BCUT2D eigenvalue weighted by Gasteiger charge is -2.02. The van der Waals surface area contributed by atoms with Crippen molar-refractivity contribution >= 4 is 5.91 Å². The molecule has 0 atom stereocenters. The quantitative estimate of drug-likeness (QED) is 0.774. The van der Waals surface area contributed by atoms with E-state index in [2.05, 4.69) is 36.5 Å². The van der Waals surface area contributed by atoms with Gasteiger partial charge in [-0.3, -0.25) is 4.79 Å². The fraction of sp³-hybridized carbons (Fsp3) is 0.417. The second kappa shape index (κ2) is 5.43. The van der Waals surface area contributed by atoms with Crippen molar-refractivity contribution in [2.24, 2.45) is 0 Å². The predicted octanol–water partition coefficient (Wildman–Crippen LogP) is 1.93. The van der Waals surface area contributed by atoms with Crippen molar-refractivity contribution in [3.63, 3.8) is 0 Å². The Kier molecular flexibility index (Phi) is 4.17. The standard InChI is InChI=1S/C12H17NO/c1-3-10-4-6-11(7-5-10)8-9-12(14)13-2/h4-7H,3,8-9H2,1-2H3,(H,13,14). The van der Waals surface area contributed by atoms with Crippen LogP contribution in [0, 0.1) is 0 Å². The van der Waals surface area contributed by atoms with Crippen molar-refractivity contribution in [3.8, 4) is 0 Å². The average molecular weight is 191 g/mol. The monoisotopic (exact) mass is 191 g/mol. The number of amides is 1. The Morgan fingerprint density at radius 3 is 2.29 bits per heavy atom. The summed E-state index contributed by atoms with van der Waals surface area (Å²) in [5.74, 6) is 0.101. The van der Waals surface area contributed by atoms with Crippen molar-refractivity contribution in [2.75, 3.05) is 7.05 Å². The molecular weight excluding hydrogens is 174 g/mol. The Hall–Kier alpha value is -1.31. The third kappa shape index (κ3) is 3.21. The second-order valence-electron chi connectivity index (χ2n) is 3.34. The van der Waals surface area contributed by atoms with E-state index in [4.69, 9.17) is 0 Å². The molecule has 2 nitrogen and oxygen atoms in total. The van der Waals surface area contributed by atoms with E-state index in [0.717, 1.165) is 12.8 Å². The molecule has 0 spiro atoms. The molecule has 0 unspecified atom stereocenters. The lowest BCUT2D eigenvalue weighted by Crippen LogP contribution is -2.17. The molecule has 2 heteroatoms. The molecule has 1 N–H and O–H groups in total. The summed E-state index contributed by atoms with van der Waals surface area (Å²) < 4.78 is 0. The van der Waals surface area contributed by atoms with E-state index < -0.39 is 0 Å². The Morgan fingerprint density at radius 1 is 1.21 bits per heavy atom. The van der Waals surface area contributed by atoms with Gasteiger partial charge >= 0.3 is 0 Å². The van der Waals surface area contributed by atoms with Crippen LogP contribution < -0.4 is 5.32 Å². The van der Waals surface area contributed by atoms with E-state index in [9.17, 15) is 4.79 Å². The normalized spacial score (nSPS) is 9.86. The molecular formula is C12H17NO. The van der Waals surface area contributed by atoms with Crippen LogP contribution in [0.25, 0.3) is 0 Å². The van der Waals surface area contributed by atoms with Crippen LogP contribution in [-0.2, 0) is 17.6 Å². The second-order valence-corrected chi connectivity index (χ2v) is 3.34. The van der Waals surface area contributed by atoms with Crippen molar-refractivity contribution in [1.29, 1.82) is 0 Å². The highest BCUT2D eigenvalue weighted by molar-refractivity contribution is 5.75. The molecule has 0 radical (unpaired) electrons. The minimum Gasteiger partial charge on any atom is -0.359 e. The van der Waals surface area contributed by atoms with Crippen LogP contribution in [-0.4, -0.2) is 13.0 Å². The number of rotatable bonds is 4. The van der Waals surface area contributed by atoms with Crippen LogP contribution in [0.4, 0.5) is 0 Å². The molecule has 0 aromatic heterocycles. The summed E-state index contributed by atoms with van der Waals surface area (Å²) in [6.45, 7) is 2.14. The minimum atomic E-state index is 0.101. The third-order valence-electron chi connectivity index (χ3n) is 2.35. The highest BCUT2D eigenvalue weighted by Crippen LogP contribution is 2.06. The largest absolute Gasteiger partial charge is 0.359 e. The van der Waals surface area contributed by atoms with Gasteiger partial charge in [0.15, 0.2) is 0 Å². The van der Waals surface area contributed by atoms with E-state index in [-0.39, 0.29) is 5.91 Å². The maximum atomic E-state index is 11.0. The van der Waals surface area contributed by atoms with Crippen molar-refractivity contribution in [3.05, 3.63) is 35.4 Å². The molecule has 0 saturated heterocycles. The summed E-state index contributed by atoms with van der Waals surface area (Å²) >= 11 is 0. The van der Waals surface area contributed by atoms with E-state index in [0.29, 0.717) is 6.42 Å². The highest BCUT2D eigenvalue weighted by atomic mass is 16.1. The summed E-state index contributed by atoms with van der Waals surface area (Å²) in [6, 6.07) is 8.45. The topological polar surface area (TPSA) is 29.1 Å². The smallest absolute Gasteiger partial charge is 0.220 e. The molecule has 0 saturated carbocycles. The SMILES string of the molecule is CCc1ccc(CCC(=O)NC)cc1. The number of hydrogen-bond acceptors (Lipinski definition) is 1. The van der Waals surface area contributed by atoms with Gasteiger partial charge in [0.05, 0.1) is 0 Å². The van der Waals surface area contributed by atoms with E-state index in [1.807, 2.05) is 0 Å². The molecule has 0 bridgehead atoms. The maximum absolute atomic E-state index is 11.0. The predicted molar refractivity (Wildman–Crippen MR) is 58.2 cm³/mol. The molecule has 1 aromatic rings. The number of aryl methyl sites for hydroxylation is 2. The molecule has 0 aliphatic heterocycles. The first-order valence-electron chi connectivity index (χ1n) is 5.04. The molecule has 76 valence electrons. The highest BCUT2D eigenvalue weighted by Gasteiger charge is 1.99. The molecule has 0 aliphatic carbocycles. The summed E-state index contributed by atoms with van der Waals surface area (Å²) in [5, 5.41) is 2.62. The number of nitrogens with one attached hydrogen (secondary N) is 1. The first kappa shape index (κ1) is 10.8. The van der Waals surface area contributed by atoms with Crippen LogP contribution >= 0.6 is 0 Å². The van der Waals surface area contributed by atoms with Crippen LogP contribution in [0.2, 0.25) is 0 Å². The number of carbonyl (C=O) groups excluding carboxylic acids is 1. The Balaban J connectivity index is 2.47. The van der Waals surface area contributed by atoms with Gasteiger partial charge in [-0.05, 0) is 24.0 Å². The molecule has 0 heterocycles. The zero-order valence-electron chi connectivity index (χ0n) is 8.84. The van der Waals surface area contributed by atoms with Crippen LogP contribution in [0.1, 0.15) is 24.5 Å². The van der Waals surface area contributed by atoms with Crippen LogP contribution in [0.5, 0.6) is 0 Å². The van der Waals surface area contributed by atoms with Gasteiger partial charge in [-0.2, -0.15) is 0 Å². The van der Waals surface area contributed by atoms with Gasteiger partial charge in [0.25, 0.3) is 0 Å². The lowest BCUT2D eigenvalue weighted by atomic mass is 10.1. The first-order valence-corrected chi connectivity index (χ1v) is 5.04. The summed E-state index contributed by atoms with van der Waals surface area (Å²) in [7, 11) is 1.67. The van der Waals surface area contributed by atoms with E-state index in [1.165, 1.54) is 11.1 Å². The molecule has 14 heavy (non-hydrogen) atoms. The van der Waals surface area contributed by atoms with Crippen LogP contribution in [0.3, 0.4) is 0 Å². The Labute approximate surface area is 85.3 Å². The zero-order chi connectivity index (χ0) is 10.4. The average Bonchev–Trinajstić information content (AvgIpc) is 2.26. The van der Waals surface area contributed by atoms with E-state index >= 15 is 0 Å². The van der Waals surface area contributed by atoms with Gasteiger partial charge in [-0.15, -0.1) is 0 Å².